The predicted octanol–water partition coefficient (Wildman–Crippen LogP) is 3.58. The molecule has 3 nitrogen and oxygen atoms in total. The highest BCUT2D eigenvalue weighted by atomic mass is 19.4. The minimum atomic E-state index is -4.40. The second-order valence-electron chi connectivity index (χ2n) is 5.80. The van der Waals surface area contributed by atoms with Gasteiger partial charge in [-0.05, 0) is 46.5 Å². The molecule has 0 heterocycles. The average molecular weight is 267 g/mol. The van der Waals surface area contributed by atoms with Crippen LogP contribution in [0.4, 0.5) is 18.0 Å². The van der Waals surface area contributed by atoms with Crippen LogP contribution in [0.25, 0.3) is 0 Å². The molecule has 0 aromatic carbocycles. The predicted molar refractivity (Wildman–Crippen MR) is 61.2 cm³/mol. The number of ether oxygens (including phenoxy) is 1. The first kappa shape index (κ1) is 15.1. The van der Waals surface area contributed by atoms with Crippen LogP contribution >= 0.6 is 0 Å². The molecule has 0 saturated heterocycles. The van der Waals surface area contributed by atoms with Gasteiger partial charge < -0.3 is 4.74 Å². The molecule has 1 atom stereocenters. The van der Waals surface area contributed by atoms with Crippen LogP contribution in [-0.2, 0) is 4.74 Å². The summed E-state index contributed by atoms with van der Waals surface area (Å²) >= 11 is 0. The molecule has 0 aromatic heterocycles. The zero-order valence-electron chi connectivity index (χ0n) is 11.2. The van der Waals surface area contributed by atoms with E-state index in [0.29, 0.717) is 0 Å². The highest BCUT2D eigenvalue weighted by Gasteiger charge is 2.41. The molecule has 1 fully saturated rings. The smallest absolute Gasteiger partial charge is 0.410 e. The van der Waals surface area contributed by atoms with Gasteiger partial charge in [-0.15, -0.1) is 0 Å². The number of carbonyl (C=O) groups excluding carboxylic acids is 1. The van der Waals surface area contributed by atoms with E-state index < -0.39 is 30.5 Å². The van der Waals surface area contributed by atoms with Gasteiger partial charge in [-0.3, -0.25) is 4.90 Å². The van der Waals surface area contributed by atoms with Crippen molar-refractivity contribution in [1.29, 1.82) is 0 Å². The minimum Gasteiger partial charge on any atom is -0.444 e. The Labute approximate surface area is 105 Å². The Kier molecular flexibility index (Phi) is 4.18. The highest BCUT2D eigenvalue weighted by molar-refractivity contribution is 5.68. The summed E-state index contributed by atoms with van der Waals surface area (Å²) in [4.78, 5) is 12.6. The molecule has 0 bridgehead atoms. The van der Waals surface area contributed by atoms with Crippen molar-refractivity contribution in [2.75, 3.05) is 6.54 Å². The first-order valence-corrected chi connectivity index (χ1v) is 6.06. The summed E-state index contributed by atoms with van der Waals surface area (Å²) in [7, 11) is 0. The number of carbonyl (C=O) groups is 1. The summed E-state index contributed by atoms with van der Waals surface area (Å²) in [6, 6.07) is -0.429. The Bertz CT molecular complexity index is 305. The van der Waals surface area contributed by atoms with Crippen molar-refractivity contribution < 1.29 is 22.7 Å². The average Bonchev–Trinajstić information content (AvgIpc) is 2.91. The number of nitrogens with zero attached hydrogens (tertiary/aromatic N) is 1. The lowest BCUT2D eigenvalue weighted by atomic mass is 10.2. The third-order valence-electron chi connectivity index (χ3n) is 2.77. The van der Waals surface area contributed by atoms with Crippen molar-refractivity contribution in [1.82, 2.24) is 4.90 Å². The Hall–Kier alpha value is -0.940. The van der Waals surface area contributed by atoms with Crippen molar-refractivity contribution in [2.24, 2.45) is 5.92 Å². The highest BCUT2D eigenvalue weighted by Crippen LogP contribution is 2.36. The molecule has 0 spiro atoms. The van der Waals surface area contributed by atoms with Gasteiger partial charge in [-0.25, -0.2) is 4.79 Å². The number of hydrogen-bond acceptors (Lipinski definition) is 2. The van der Waals surface area contributed by atoms with Gasteiger partial charge in [0.2, 0.25) is 0 Å². The largest absolute Gasteiger partial charge is 0.444 e. The fraction of sp³-hybridized carbons (Fsp3) is 0.917. The van der Waals surface area contributed by atoms with Crippen LogP contribution in [0, 0.1) is 5.92 Å². The summed E-state index contributed by atoms with van der Waals surface area (Å²) in [5.74, 6) is 0.167. The monoisotopic (exact) mass is 267 g/mol. The molecule has 0 aliphatic heterocycles. The van der Waals surface area contributed by atoms with Crippen molar-refractivity contribution in [2.45, 2.75) is 58.4 Å². The quantitative estimate of drug-likeness (QED) is 0.782. The molecule has 1 unspecified atom stereocenters. The summed E-state index contributed by atoms with van der Waals surface area (Å²) in [6.07, 6.45) is -3.55. The van der Waals surface area contributed by atoms with Gasteiger partial charge in [-0.1, -0.05) is 0 Å². The molecule has 6 heteroatoms. The molecule has 1 aliphatic rings. The topological polar surface area (TPSA) is 29.5 Å². The first-order valence-electron chi connectivity index (χ1n) is 6.06. The number of alkyl halides is 3. The summed E-state index contributed by atoms with van der Waals surface area (Å²) in [5.41, 5.74) is -0.787. The lowest BCUT2D eigenvalue weighted by molar-refractivity contribution is -0.149. The van der Waals surface area contributed by atoms with Crippen molar-refractivity contribution in [3.63, 3.8) is 0 Å². The van der Waals surface area contributed by atoms with Gasteiger partial charge >= 0.3 is 12.3 Å². The first-order chi connectivity index (χ1) is 7.99. The van der Waals surface area contributed by atoms with Crippen LogP contribution in [0.3, 0.4) is 0 Å². The minimum absolute atomic E-state index is 0.167. The maximum atomic E-state index is 12.5. The third kappa shape index (κ3) is 5.14. The van der Waals surface area contributed by atoms with Crippen molar-refractivity contribution >= 4 is 6.09 Å². The number of amides is 1. The normalized spacial score (nSPS) is 18.4. The van der Waals surface area contributed by atoms with E-state index >= 15 is 0 Å². The van der Waals surface area contributed by atoms with Crippen LogP contribution in [0.2, 0.25) is 0 Å². The maximum absolute atomic E-state index is 12.5. The second kappa shape index (κ2) is 4.97. The fourth-order valence-electron chi connectivity index (χ4n) is 1.72. The zero-order valence-corrected chi connectivity index (χ0v) is 11.2. The SMILES string of the molecule is CC(C1CC1)N(CC(F)(F)F)C(=O)OC(C)(C)C. The van der Waals surface area contributed by atoms with Crippen molar-refractivity contribution in [3.05, 3.63) is 0 Å². The van der Waals surface area contributed by atoms with Gasteiger partial charge in [0.25, 0.3) is 0 Å². The van der Waals surface area contributed by atoms with E-state index in [1.807, 2.05) is 0 Å². The van der Waals surface area contributed by atoms with E-state index in [1.54, 1.807) is 27.7 Å². The Morgan fingerprint density at radius 2 is 1.83 bits per heavy atom. The van der Waals surface area contributed by atoms with Gasteiger partial charge in [0.1, 0.15) is 12.1 Å². The number of hydrogen-bond donors (Lipinski definition) is 0. The number of halogens is 3. The Morgan fingerprint density at radius 1 is 1.33 bits per heavy atom. The molecule has 1 aliphatic carbocycles. The van der Waals surface area contributed by atoms with Gasteiger partial charge in [0, 0.05) is 6.04 Å². The van der Waals surface area contributed by atoms with Crippen LogP contribution in [0.1, 0.15) is 40.5 Å². The van der Waals surface area contributed by atoms with E-state index in [4.69, 9.17) is 4.74 Å². The summed E-state index contributed by atoms with van der Waals surface area (Å²) < 4.78 is 42.5. The number of rotatable bonds is 3. The van der Waals surface area contributed by atoms with Crippen LogP contribution < -0.4 is 0 Å². The molecular weight excluding hydrogens is 247 g/mol. The molecule has 1 amide bonds. The molecule has 0 radical (unpaired) electrons. The van der Waals surface area contributed by atoms with E-state index in [0.717, 1.165) is 17.7 Å². The zero-order chi connectivity index (χ0) is 14.1. The summed E-state index contributed by atoms with van der Waals surface area (Å²) in [5, 5.41) is 0. The van der Waals surface area contributed by atoms with Crippen LogP contribution in [0.5, 0.6) is 0 Å². The van der Waals surface area contributed by atoms with E-state index in [-0.39, 0.29) is 5.92 Å². The van der Waals surface area contributed by atoms with Crippen molar-refractivity contribution in [3.8, 4) is 0 Å². The standard InChI is InChI=1S/C12H20F3NO2/c1-8(9-5-6-9)16(7-12(13,14)15)10(17)18-11(2,3)4/h8-9H,5-7H2,1-4H3. The van der Waals surface area contributed by atoms with Gasteiger partial charge in [-0.2, -0.15) is 13.2 Å². The fourth-order valence-corrected chi connectivity index (χ4v) is 1.72. The molecule has 18 heavy (non-hydrogen) atoms. The van der Waals surface area contributed by atoms with Crippen LogP contribution in [0.15, 0.2) is 0 Å². The second-order valence-corrected chi connectivity index (χ2v) is 5.80. The molecule has 0 N–H and O–H groups in total. The molecule has 1 rings (SSSR count). The molecule has 1 saturated carbocycles. The molecule has 106 valence electrons. The van der Waals surface area contributed by atoms with E-state index in [9.17, 15) is 18.0 Å². The third-order valence-corrected chi connectivity index (χ3v) is 2.77. The Balaban J connectivity index is 2.73. The van der Waals surface area contributed by atoms with Gasteiger partial charge in [0.15, 0.2) is 0 Å². The molecule has 0 aromatic rings. The summed E-state index contributed by atoms with van der Waals surface area (Å²) in [6.45, 7) is 5.31. The van der Waals surface area contributed by atoms with Gasteiger partial charge in [0.05, 0.1) is 0 Å². The van der Waals surface area contributed by atoms with E-state index in [1.165, 1.54) is 0 Å². The lowest BCUT2D eigenvalue weighted by Gasteiger charge is -2.32. The molecular formula is C12H20F3NO2. The van der Waals surface area contributed by atoms with E-state index in [2.05, 4.69) is 0 Å². The lowest BCUT2D eigenvalue weighted by Crippen LogP contribution is -2.47. The maximum Gasteiger partial charge on any atom is 0.410 e. The Morgan fingerprint density at radius 3 is 2.17 bits per heavy atom. The van der Waals surface area contributed by atoms with Crippen LogP contribution in [-0.4, -0.2) is 35.4 Å².